The Kier molecular flexibility index (Phi) is 5.81. The molecule has 156 valence electrons. The molecule has 3 aromatic rings. The van der Waals surface area contributed by atoms with Gasteiger partial charge in [0.05, 0.1) is 11.8 Å². The molecule has 4 heterocycles. The summed E-state index contributed by atoms with van der Waals surface area (Å²) in [5.74, 6) is 2.02. The fourth-order valence-electron chi connectivity index (χ4n) is 3.95. The predicted molar refractivity (Wildman–Crippen MR) is 117 cm³/mol. The number of hydrogen-bond donors (Lipinski definition) is 2. The monoisotopic (exact) mass is 405 g/mol. The van der Waals surface area contributed by atoms with Crippen LogP contribution in [0.4, 0.5) is 11.6 Å². The quantitative estimate of drug-likeness (QED) is 0.607. The standard InChI is InChI=1S/C23H27N5O2/c1-15(2)11-16-14-28(9-8-25-16)21-12-18(19(13-27-21)20-6-4-10-30-20)22(29)17-5-3-7-26-23(17)24/h3-7,10,12-13,15-16,25H,8-9,11,14H2,1-2H3,(H2,24,26)/t16-/m0/s1. The van der Waals surface area contributed by atoms with E-state index >= 15 is 0 Å². The molecule has 3 N–H and O–H groups in total. The lowest BCUT2D eigenvalue weighted by atomic mass is 9.98. The highest BCUT2D eigenvalue weighted by Gasteiger charge is 2.25. The summed E-state index contributed by atoms with van der Waals surface area (Å²) in [6, 6.07) is 9.28. The zero-order valence-corrected chi connectivity index (χ0v) is 17.3. The van der Waals surface area contributed by atoms with E-state index in [4.69, 9.17) is 10.2 Å². The summed E-state index contributed by atoms with van der Waals surface area (Å²) in [5.41, 5.74) is 7.51. The first kappa shape index (κ1) is 20.1. The highest BCUT2D eigenvalue weighted by atomic mass is 16.3. The molecule has 0 aliphatic carbocycles. The van der Waals surface area contributed by atoms with Gasteiger partial charge in [-0.15, -0.1) is 0 Å². The van der Waals surface area contributed by atoms with Gasteiger partial charge in [0.1, 0.15) is 17.4 Å². The number of nitrogens with zero attached hydrogens (tertiary/aromatic N) is 3. The minimum absolute atomic E-state index is 0.190. The van der Waals surface area contributed by atoms with Crippen molar-refractivity contribution in [2.24, 2.45) is 5.92 Å². The van der Waals surface area contributed by atoms with Gasteiger partial charge in [-0.25, -0.2) is 9.97 Å². The number of piperazine rings is 1. The Bertz CT molecular complexity index is 1020. The lowest BCUT2D eigenvalue weighted by Crippen LogP contribution is -2.51. The third-order valence-corrected chi connectivity index (χ3v) is 5.34. The van der Waals surface area contributed by atoms with Crippen molar-refractivity contribution in [3.05, 3.63) is 60.1 Å². The Hall–Kier alpha value is -3.19. The number of carbonyl (C=O) groups excluding carboxylic acids is 1. The number of rotatable bonds is 6. The zero-order chi connectivity index (χ0) is 21.1. The summed E-state index contributed by atoms with van der Waals surface area (Å²) in [4.78, 5) is 24.4. The molecule has 0 amide bonds. The summed E-state index contributed by atoms with van der Waals surface area (Å²) in [6.07, 6.45) is 5.97. The van der Waals surface area contributed by atoms with Crippen LogP contribution in [0.1, 0.15) is 36.2 Å². The number of nitrogens with one attached hydrogen (secondary N) is 1. The van der Waals surface area contributed by atoms with Crippen LogP contribution in [0.15, 0.2) is 53.4 Å². The van der Waals surface area contributed by atoms with Crippen LogP contribution in [0.25, 0.3) is 11.3 Å². The Balaban J connectivity index is 1.72. The van der Waals surface area contributed by atoms with E-state index in [0.29, 0.717) is 34.4 Å². The summed E-state index contributed by atoms with van der Waals surface area (Å²) in [5, 5.41) is 3.58. The smallest absolute Gasteiger partial charge is 0.197 e. The molecule has 7 heteroatoms. The molecular weight excluding hydrogens is 378 g/mol. The molecule has 1 aliphatic rings. The van der Waals surface area contributed by atoms with Crippen LogP contribution in [-0.4, -0.2) is 41.4 Å². The lowest BCUT2D eigenvalue weighted by molar-refractivity contribution is 0.103. The first-order valence-corrected chi connectivity index (χ1v) is 10.3. The van der Waals surface area contributed by atoms with Crippen molar-refractivity contribution in [3.8, 4) is 11.3 Å². The normalized spacial score (nSPS) is 16.8. The number of pyridine rings is 2. The fourth-order valence-corrected chi connectivity index (χ4v) is 3.95. The Morgan fingerprint density at radius 1 is 1.30 bits per heavy atom. The highest BCUT2D eigenvalue weighted by molar-refractivity contribution is 6.15. The largest absolute Gasteiger partial charge is 0.464 e. The number of aromatic nitrogens is 2. The summed E-state index contributed by atoms with van der Waals surface area (Å²) in [6.45, 7) is 7.04. The highest BCUT2D eigenvalue weighted by Crippen LogP contribution is 2.30. The molecule has 0 unspecified atom stereocenters. The third kappa shape index (κ3) is 4.21. The molecule has 1 aliphatic heterocycles. The van der Waals surface area contributed by atoms with Gasteiger partial charge in [-0.05, 0) is 42.7 Å². The van der Waals surface area contributed by atoms with Crippen LogP contribution in [0, 0.1) is 5.92 Å². The van der Waals surface area contributed by atoms with Gasteiger partial charge in [-0.1, -0.05) is 13.8 Å². The first-order valence-electron chi connectivity index (χ1n) is 10.3. The minimum atomic E-state index is -0.190. The van der Waals surface area contributed by atoms with Crippen molar-refractivity contribution in [1.82, 2.24) is 15.3 Å². The van der Waals surface area contributed by atoms with Gasteiger partial charge in [0, 0.05) is 49.2 Å². The molecule has 0 bridgehead atoms. The van der Waals surface area contributed by atoms with Crippen molar-refractivity contribution in [2.45, 2.75) is 26.3 Å². The second-order valence-electron chi connectivity index (χ2n) is 8.06. The molecule has 4 rings (SSSR count). The van der Waals surface area contributed by atoms with E-state index in [1.807, 2.05) is 12.1 Å². The molecule has 3 aromatic heterocycles. The topological polar surface area (TPSA) is 97.3 Å². The Morgan fingerprint density at radius 2 is 2.17 bits per heavy atom. The molecule has 0 spiro atoms. The number of nitrogen functional groups attached to an aromatic ring is 1. The van der Waals surface area contributed by atoms with Gasteiger partial charge >= 0.3 is 0 Å². The molecule has 7 nitrogen and oxygen atoms in total. The molecule has 0 aromatic carbocycles. The first-order chi connectivity index (χ1) is 14.5. The molecule has 0 radical (unpaired) electrons. The van der Waals surface area contributed by atoms with E-state index in [-0.39, 0.29) is 11.6 Å². The average Bonchev–Trinajstić information content (AvgIpc) is 3.28. The number of anilines is 2. The molecule has 30 heavy (non-hydrogen) atoms. The number of ketones is 1. The average molecular weight is 406 g/mol. The Labute approximate surface area is 176 Å². The van der Waals surface area contributed by atoms with E-state index in [2.05, 4.69) is 34.0 Å². The molecular formula is C23H27N5O2. The van der Waals surface area contributed by atoms with E-state index in [1.165, 1.54) is 0 Å². The van der Waals surface area contributed by atoms with E-state index < -0.39 is 0 Å². The van der Waals surface area contributed by atoms with Crippen LogP contribution in [-0.2, 0) is 0 Å². The van der Waals surface area contributed by atoms with E-state index in [0.717, 1.165) is 31.9 Å². The van der Waals surface area contributed by atoms with Gasteiger partial charge in [-0.3, -0.25) is 4.79 Å². The number of hydrogen-bond acceptors (Lipinski definition) is 7. The van der Waals surface area contributed by atoms with E-state index in [1.54, 1.807) is 36.9 Å². The summed E-state index contributed by atoms with van der Waals surface area (Å²) in [7, 11) is 0. The Morgan fingerprint density at radius 3 is 2.90 bits per heavy atom. The van der Waals surface area contributed by atoms with Crippen LogP contribution in [0.3, 0.4) is 0 Å². The summed E-state index contributed by atoms with van der Waals surface area (Å²) >= 11 is 0. The lowest BCUT2D eigenvalue weighted by Gasteiger charge is -2.35. The van der Waals surface area contributed by atoms with Crippen LogP contribution in [0.5, 0.6) is 0 Å². The number of nitrogens with two attached hydrogens (primary N) is 1. The maximum absolute atomic E-state index is 13.4. The SMILES string of the molecule is CC(C)C[C@H]1CN(c2cc(C(=O)c3cccnc3N)c(-c3ccco3)cn2)CCN1. The molecule has 1 atom stereocenters. The number of furan rings is 1. The number of carbonyl (C=O) groups is 1. The van der Waals surface area contributed by atoms with Gasteiger partial charge in [0.15, 0.2) is 5.78 Å². The van der Waals surface area contributed by atoms with Gasteiger partial charge < -0.3 is 20.4 Å². The van der Waals surface area contributed by atoms with Gasteiger partial charge in [0.2, 0.25) is 0 Å². The second-order valence-corrected chi connectivity index (χ2v) is 8.06. The molecule has 0 saturated carbocycles. The maximum atomic E-state index is 13.4. The van der Waals surface area contributed by atoms with Crippen molar-refractivity contribution < 1.29 is 9.21 Å². The van der Waals surface area contributed by atoms with Crippen LogP contribution < -0.4 is 16.0 Å². The maximum Gasteiger partial charge on any atom is 0.197 e. The minimum Gasteiger partial charge on any atom is -0.464 e. The van der Waals surface area contributed by atoms with Crippen molar-refractivity contribution >= 4 is 17.4 Å². The van der Waals surface area contributed by atoms with Crippen LogP contribution >= 0.6 is 0 Å². The van der Waals surface area contributed by atoms with Crippen LogP contribution in [0.2, 0.25) is 0 Å². The summed E-state index contributed by atoms with van der Waals surface area (Å²) < 4.78 is 5.56. The van der Waals surface area contributed by atoms with Crippen molar-refractivity contribution in [2.75, 3.05) is 30.3 Å². The van der Waals surface area contributed by atoms with E-state index in [9.17, 15) is 4.79 Å². The predicted octanol–water partition coefficient (Wildman–Crippen LogP) is 3.37. The third-order valence-electron chi connectivity index (χ3n) is 5.34. The van der Waals surface area contributed by atoms with Gasteiger partial charge in [-0.2, -0.15) is 0 Å². The molecule has 1 fully saturated rings. The van der Waals surface area contributed by atoms with Crippen molar-refractivity contribution in [3.63, 3.8) is 0 Å². The zero-order valence-electron chi connectivity index (χ0n) is 17.3. The molecule has 1 saturated heterocycles. The van der Waals surface area contributed by atoms with Gasteiger partial charge in [0.25, 0.3) is 0 Å². The fraction of sp³-hybridized carbons (Fsp3) is 0.348. The van der Waals surface area contributed by atoms with Crippen molar-refractivity contribution in [1.29, 1.82) is 0 Å². The second kappa shape index (κ2) is 8.67.